The lowest BCUT2D eigenvalue weighted by atomic mass is 9.83. The molecule has 0 radical (unpaired) electrons. The van der Waals surface area contributed by atoms with Crippen LogP contribution in [0.15, 0.2) is 65.7 Å². The summed E-state index contributed by atoms with van der Waals surface area (Å²) in [6.07, 6.45) is 4.64. The van der Waals surface area contributed by atoms with Crippen molar-refractivity contribution in [1.82, 2.24) is 19.2 Å². The van der Waals surface area contributed by atoms with Crippen LogP contribution in [0.25, 0.3) is 5.69 Å². The van der Waals surface area contributed by atoms with Crippen LogP contribution in [0.4, 0.5) is 10.5 Å². The molecular weight excluding hydrogens is 354 g/mol. The van der Waals surface area contributed by atoms with Crippen molar-refractivity contribution in [3.63, 3.8) is 0 Å². The predicted molar refractivity (Wildman–Crippen MR) is 106 cm³/mol. The van der Waals surface area contributed by atoms with Gasteiger partial charge in [0.25, 0.3) is 5.56 Å². The molecule has 1 saturated heterocycles. The third-order valence-corrected chi connectivity index (χ3v) is 5.65. The first kappa shape index (κ1) is 16.8. The molecule has 0 spiro atoms. The van der Waals surface area contributed by atoms with E-state index in [2.05, 4.69) is 10.4 Å². The van der Waals surface area contributed by atoms with Crippen molar-refractivity contribution in [3.05, 3.63) is 77.0 Å². The van der Waals surface area contributed by atoms with Gasteiger partial charge in [-0.05, 0) is 48.7 Å². The topological polar surface area (TPSA) is 72.2 Å². The molecule has 2 amide bonds. The minimum absolute atomic E-state index is 0.0578. The van der Waals surface area contributed by atoms with Crippen molar-refractivity contribution >= 4 is 11.7 Å². The molecule has 2 aliphatic heterocycles. The summed E-state index contributed by atoms with van der Waals surface area (Å²) in [4.78, 5) is 26.8. The zero-order valence-electron chi connectivity index (χ0n) is 15.4. The van der Waals surface area contributed by atoms with E-state index in [4.69, 9.17) is 0 Å². The summed E-state index contributed by atoms with van der Waals surface area (Å²) in [6, 6.07) is 14.8. The van der Waals surface area contributed by atoms with Crippen LogP contribution in [0.1, 0.15) is 18.0 Å². The number of fused-ring (bicyclic) bond motifs is 4. The first-order chi connectivity index (χ1) is 13.7. The van der Waals surface area contributed by atoms with E-state index in [1.165, 1.54) is 0 Å². The van der Waals surface area contributed by atoms with Gasteiger partial charge >= 0.3 is 6.03 Å². The second kappa shape index (κ2) is 6.67. The van der Waals surface area contributed by atoms with Crippen LogP contribution in [-0.4, -0.2) is 38.4 Å². The second-order valence-electron chi connectivity index (χ2n) is 7.53. The zero-order chi connectivity index (χ0) is 19.1. The Hall–Kier alpha value is -3.35. The van der Waals surface area contributed by atoms with E-state index in [0.29, 0.717) is 25.6 Å². The number of nitrogens with zero attached hydrogens (tertiary/aromatic N) is 4. The molecule has 0 saturated carbocycles. The Kier molecular flexibility index (Phi) is 4.00. The van der Waals surface area contributed by atoms with Crippen molar-refractivity contribution in [2.24, 2.45) is 5.92 Å². The fourth-order valence-electron chi connectivity index (χ4n) is 4.38. The van der Waals surface area contributed by atoms with Crippen LogP contribution >= 0.6 is 0 Å². The number of benzene rings is 1. The lowest BCUT2D eigenvalue weighted by Gasteiger charge is -2.42. The van der Waals surface area contributed by atoms with Crippen LogP contribution in [0.2, 0.25) is 0 Å². The maximum atomic E-state index is 12.8. The smallest absolute Gasteiger partial charge is 0.321 e. The highest BCUT2D eigenvalue weighted by atomic mass is 16.2. The Morgan fingerprint density at radius 3 is 2.68 bits per heavy atom. The molecule has 2 atom stereocenters. The maximum absolute atomic E-state index is 12.8. The van der Waals surface area contributed by atoms with Crippen LogP contribution in [0.3, 0.4) is 0 Å². The SMILES string of the molecule is O=C(Nc1ccc(-n2cccn2)cc1)N1C[C@@H]2C[C@H](C1)c1cccc(=O)n1C2. The van der Waals surface area contributed by atoms with Gasteiger partial charge in [0.15, 0.2) is 0 Å². The number of hydrogen-bond donors (Lipinski definition) is 1. The number of carbonyl (C=O) groups excluding carboxylic acids is 1. The third kappa shape index (κ3) is 2.98. The number of rotatable bonds is 2. The fraction of sp³-hybridized carbons (Fsp3) is 0.286. The van der Waals surface area contributed by atoms with E-state index < -0.39 is 0 Å². The summed E-state index contributed by atoms with van der Waals surface area (Å²) < 4.78 is 3.65. The quantitative estimate of drug-likeness (QED) is 0.749. The summed E-state index contributed by atoms with van der Waals surface area (Å²) in [6.45, 7) is 2.00. The van der Waals surface area contributed by atoms with Gasteiger partial charge in [-0.2, -0.15) is 5.10 Å². The zero-order valence-corrected chi connectivity index (χ0v) is 15.4. The molecule has 2 bridgehead atoms. The molecule has 7 heteroatoms. The standard InChI is InChI=1S/C21H21N5O2/c27-20-4-1-3-19-16-11-15(13-25(19)20)12-24(14-16)21(28)23-17-5-7-18(8-6-17)26-10-2-9-22-26/h1-10,15-16H,11-14H2,(H,23,28)/t15-,16+/m0/s1. The van der Waals surface area contributed by atoms with Gasteiger partial charge in [0.05, 0.1) is 5.69 Å². The first-order valence-corrected chi connectivity index (χ1v) is 9.53. The Morgan fingerprint density at radius 2 is 1.89 bits per heavy atom. The molecule has 1 N–H and O–H groups in total. The Bertz CT molecular complexity index is 1060. The Balaban J connectivity index is 1.30. The highest BCUT2D eigenvalue weighted by molar-refractivity contribution is 5.89. The lowest BCUT2D eigenvalue weighted by Crippen LogP contribution is -2.50. The minimum Gasteiger partial charge on any atom is -0.324 e. The van der Waals surface area contributed by atoms with Gasteiger partial charge in [0.1, 0.15) is 0 Å². The van der Waals surface area contributed by atoms with E-state index in [0.717, 1.165) is 23.5 Å². The number of aromatic nitrogens is 3. The molecule has 0 unspecified atom stereocenters. The van der Waals surface area contributed by atoms with E-state index in [1.807, 2.05) is 58.1 Å². The number of amides is 2. The molecule has 0 aliphatic carbocycles. The third-order valence-electron chi connectivity index (χ3n) is 5.65. The Morgan fingerprint density at radius 1 is 1.04 bits per heavy atom. The number of anilines is 1. The second-order valence-corrected chi connectivity index (χ2v) is 7.53. The van der Waals surface area contributed by atoms with Gasteiger partial charge in [0, 0.05) is 55.4 Å². The average molecular weight is 375 g/mol. The summed E-state index contributed by atoms with van der Waals surface area (Å²) in [5.74, 6) is 0.536. The van der Waals surface area contributed by atoms with E-state index in [9.17, 15) is 9.59 Å². The summed E-state index contributed by atoms with van der Waals surface area (Å²) >= 11 is 0. The van der Waals surface area contributed by atoms with Gasteiger partial charge in [-0.3, -0.25) is 4.79 Å². The highest BCUT2D eigenvalue weighted by Gasteiger charge is 2.36. The van der Waals surface area contributed by atoms with Crippen molar-refractivity contribution in [2.45, 2.75) is 18.9 Å². The molecule has 142 valence electrons. The number of likely N-dealkylation sites (tertiary alicyclic amines) is 1. The van der Waals surface area contributed by atoms with Gasteiger partial charge in [-0.25, -0.2) is 9.48 Å². The number of hydrogen-bond acceptors (Lipinski definition) is 3. The van der Waals surface area contributed by atoms with E-state index in [-0.39, 0.29) is 17.5 Å². The summed E-state index contributed by atoms with van der Waals surface area (Å²) in [7, 11) is 0. The molecule has 1 aromatic carbocycles. The van der Waals surface area contributed by atoms with E-state index >= 15 is 0 Å². The van der Waals surface area contributed by atoms with E-state index in [1.54, 1.807) is 16.9 Å². The summed E-state index contributed by atoms with van der Waals surface area (Å²) in [5.41, 5.74) is 2.80. The van der Waals surface area contributed by atoms with Crippen LogP contribution in [0, 0.1) is 5.92 Å². The fourth-order valence-corrected chi connectivity index (χ4v) is 4.38. The molecular formula is C21H21N5O2. The van der Waals surface area contributed by atoms with Gasteiger partial charge < -0.3 is 14.8 Å². The molecule has 5 rings (SSSR count). The largest absolute Gasteiger partial charge is 0.324 e. The van der Waals surface area contributed by atoms with Gasteiger partial charge in [0.2, 0.25) is 0 Å². The van der Waals surface area contributed by atoms with Crippen LogP contribution in [0.5, 0.6) is 0 Å². The van der Waals surface area contributed by atoms with Gasteiger partial charge in [-0.15, -0.1) is 0 Å². The predicted octanol–water partition coefficient (Wildman–Crippen LogP) is 2.69. The molecule has 2 aliphatic rings. The highest BCUT2D eigenvalue weighted by Crippen LogP contribution is 2.35. The Labute approximate surface area is 162 Å². The average Bonchev–Trinajstić information content (AvgIpc) is 3.24. The van der Waals surface area contributed by atoms with Crippen molar-refractivity contribution in [3.8, 4) is 5.69 Å². The molecule has 7 nitrogen and oxygen atoms in total. The molecule has 2 aromatic heterocycles. The van der Waals surface area contributed by atoms with Crippen LogP contribution < -0.4 is 10.9 Å². The molecule has 3 aromatic rings. The van der Waals surface area contributed by atoms with Crippen molar-refractivity contribution in [1.29, 1.82) is 0 Å². The number of pyridine rings is 1. The maximum Gasteiger partial charge on any atom is 0.321 e. The van der Waals surface area contributed by atoms with Crippen molar-refractivity contribution in [2.75, 3.05) is 18.4 Å². The molecule has 1 fully saturated rings. The lowest BCUT2D eigenvalue weighted by molar-refractivity contribution is 0.139. The number of urea groups is 1. The molecule has 4 heterocycles. The van der Waals surface area contributed by atoms with Gasteiger partial charge in [-0.1, -0.05) is 6.07 Å². The summed E-state index contributed by atoms with van der Waals surface area (Å²) in [5, 5.41) is 7.20. The number of carbonyl (C=O) groups is 1. The first-order valence-electron chi connectivity index (χ1n) is 9.53. The monoisotopic (exact) mass is 375 g/mol. The van der Waals surface area contributed by atoms with Crippen molar-refractivity contribution < 1.29 is 4.79 Å². The molecule has 28 heavy (non-hydrogen) atoms. The number of piperidine rings is 1. The number of nitrogens with one attached hydrogen (secondary N) is 1. The normalized spacial score (nSPS) is 20.5. The minimum atomic E-state index is -0.0896. The van der Waals surface area contributed by atoms with Crippen LogP contribution in [-0.2, 0) is 6.54 Å².